The van der Waals surface area contributed by atoms with Gasteiger partial charge in [0.1, 0.15) is 17.0 Å². The maximum atomic E-state index is 12.8. The van der Waals surface area contributed by atoms with E-state index in [1.54, 1.807) is 12.1 Å². The van der Waals surface area contributed by atoms with E-state index in [0.717, 1.165) is 0 Å². The first-order chi connectivity index (χ1) is 15.6. The molecule has 9 nitrogen and oxygen atoms in total. The molecular weight excluding hydrogens is 485 g/mol. The minimum atomic E-state index is -2.66. The van der Waals surface area contributed by atoms with Crippen LogP contribution >= 0.6 is 23.2 Å². The first-order valence-corrected chi connectivity index (χ1v) is 11.1. The number of carbonyl (C=O) groups is 3. The molecule has 5 rings (SSSR count). The molecule has 13 heteroatoms. The number of benzene rings is 1. The van der Waals surface area contributed by atoms with Crippen LogP contribution in [0.5, 0.6) is 5.75 Å². The summed E-state index contributed by atoms with van der Waals surface area (Å²) in [6.07, 6.45) is -2.61. The van der Waals surface area contributed by atoms with E-state index in [0.29, 0.717) is 36.5 Å². The Morgan fingerprint density at radius 2 is 1.91 bits per heavy atom. The van der Waals surface area contributed by atoms with Crippen molar-refractivity contribution in [3.63, 3.8) is 0 Å². The van der Waals surface area contributed by atoms with Crippen LogP contribution in [0.25, 0.3) is 0 Å². The van der Waals surface area contributed by atoms with E-state index in [-0.39, 0.29) is 18.1 Å². The van der Waals surface area contributed by atoms with Gasteiger partial charge in [-0.3, -0.25) is 19.2 Å². The molecular formula is C20H22Cl2F2N4O5. The van der Waals surface area contributed by atoms with E-state index in [1.165, 1.54) is 6.07 Å². The van der Waals surface area contributed by atoms with Crippen LogP contribution in [0, 0.1) is 0 Å². The standard InChI is InChI=1S/C20H22Cl2F2N4O5/c21-11-2-1-10(7-12(11)22)32-9-15(29)25-19-3-5-20(6-4-19,27-18(19)31)26-17(30)14-8-13(16(23)24)28-33-14/h1-2,7,13-14,16,28H,3-6,8-9H2,(H,25,29)(H,26,30)(H,27,31). The summed E-state index contributed by atoms with van der Waals surface area (Å²) in [5.74, 6) is -1.15. The third-order valence-corrected chi connectivity index (χ3v) is 6.91. The second-order valence-electron chi connectivity index (χ2n) is 8.42. The van der Waals surface area contributed by atoms with E-state index in [1.807, 2.05) is 0 Å². The monoisotopic (exact) mass is 506 g/mol. The van der Waals surface area contributed by atoms with Gasteiger partial charge in [-0.15, -0.1) is 0 Å². The molecule has 1 saturated carbocycles. The van der Waals surface area contributed by atoms with Crippen LogP contribution in [0.1, 0.15) is 32.1 Å². The Morgan fingerprint density at radius 3 is 2.52 bits per heavy atom. The minimum Gasteiger partial charge on any atom is -0.484 e. The Labute approximate surface area is 197 Å². The summed E-state index contributed by atoms with van der Waals surface area (Å²) >= 11 is 11.8. The summed E-state index contributed by atoms with van der Waals surface area (Å²) < 4.78 is 31.0. The number of hydroxylamine groups is 1. The van der Waals surface area contributed by atoms with E-state index in [4.69, 9.17) is 32.8 Å². The number of amides is 3. The van der Waals surface area contributed by atoms with Gasteiger partial charge >= 0.3 is 0 Å². The average Bonchev–Trinajstić information content (AvgIpc) is 3.27. The quantitative estimate of drug-likeness (QED) is 0.446. The number of hydrogen-bond donors (Lipinski definition) is 4. The molecule has 1 aliphatic carbocycles. The summed E-state index contributed by atoms with van der Waals surface area (Å²) in [6, 6.07) is 3.37. The molecule has 2 bridgehead atoms. The number of rotatable bonds is 7. The third-order valence-electron chi connectivity index (χ3n) is 6.17. The zero-order valence-corrected chi connectivity index (χ0v) is 18.8. The Hall–Kier alpha value is -2.21. The molecule has 3 amide bonds. The molecule has 1 aromatic rings. The highest BCUT2D eigenvalue weighted by molar-refractivity contribution is 6.42. The van der Waals surface area contributed by atoms with Crippen LogP contribution in [0.3, 0.4) is 0 Å². The number of hydrogen-bond acceptors (Lipinski definition) is 6. The fraction of sp³-hybridized carbons (Fsp3) is 0.550. The van der Waals surface area contributed by atoms with Gasteiger partial charge in [0.15, 0.2) is 12.7 Å². The maximum Gasteiger partial charge on any atom is 0.258 e. The largest absolute Gasteiger partial charge is 0.484 e. The SMILES string of the molecule is O=C(COc1ccc(Cl)c(Cl)c1)NC12CCC(NC(=O)C3CC(C(F)F)NO3)(CC1)NC2=O. The van der Waals surface area contributed by atoms with Crippen molar-refractivity contribution < 1.29 is 32.7 Å². The number of halogens is 4. The molecule has 4 N–H and O–H groups in total. The molecule has 33 heavy (non-hydrogen) atoms. The second kappa shape index (κ2) is 9.21. The summed E-state index contributed by atoms with van der Waals surface area (Å²) in [7, 11) is 0. The lowest BCUT2D eigenvalue weighted by atomic mass is 9.70. The lowest BCUT2D eigenvalue weighted by Crippen LogP contribution is -2.77. The highest BCUT2D eigenvalue weighted by Crippen LogP contribution is 2.39. The highest BCUT2D eigenvalue weighted by Gasteiger charge is 2.56. The molecule has 180 valence electrons. The molecule has 0 spiro atoms. The predicted octanol–water partition coefficient (Wildman–Crippen LogP) is 1.67. The fourth-order valence-electron chi connectivity index (χ4n) is 4.28. The van der Waals surface area contributed by atoms with Gasteiger partial charge in [0.05, 0.1) is 16.1 Å². The molecule has 1 aromatic carbocycles. The number of alkyl halides is 2. The summed E-state index contributed by atoms with van der Waals surface area (Å²) in [5.41, 5.74) is 0.0344. The van der Waals surface area contributed by atoms with Gasteiger partial charge < -0.3 is 20.7 Å². The molecule has 3 aliphatic heterocycles. The van der Waals surface area contributed by atoms with Crippen molar-refractivity contribution in [2.24, 2.45) is 0 Å². The molecule has 3 saturated heterocycles. The zero-order valence-electron chi connectivity index (χ0n) is 17.3. The highest BCUT2D eigenvalue weighted by atomic mass is 35.5. The van der Waals surface area contributed by atoms with Gasteiger partial charge in [-0.2, -0.15) is 5.48 Å². The number of nitrogens with one attached hydrogen (secondary N) is 4. The topological polar surface area (TPSA) is 118 Å². The molecule has 4 aliphatic rings. The molecule has 0 radical (unpaired) electrons. The number of piperidine rings is 2. The molecule has 3 heterocycles. The molecule has 0 aromatic heterocycles. The van der Waals surface area contributed by atoms with E-state index < -0.39 is 47.5 Å². The smallest absolute Gasteiger partial charge is 0.258 e. The van der Waals surface area contributed by atoms with Crippen LogP contribution in [0.2, 0.25) is 10.0 Å². The first kappa shape index (κ1) is 23.9. The third kappa shape index (κ3) is 5.01. The summed E-state index contributed by atoms with van der Waals surface area (Å²) in [6.45, 7) is -0.327. The lowest BCUT2D eigenvalue weighted by molar-refractivity contribution is -0.149. The Balaban J connectivity index is 1.30. The van der Waals surface area contributed by atoms with Crippen molar-refractivity contribution in [2.45, 2.75) is 61.9 Å². The van der Waals surface area contributed by atoms with Crippen molar-refractivity contribution in [3.05, 3.63) is 28.2 Å². The van der Waals surface area contributed by atoms with Gasteiger partial charge in [0.25, 0.3) is 18.2 Å². The van der Waals surface area contributed by atoms with Crippen LogP contribution < -0.4 is 26.2 Å². The number of carbonyl (C=O) groups excluding carboxylic acids is 3. The maximum absolute atomic E-state index is 12.8. The van der Waals surface area contributed by atoms with Gasteiger partial charge in [-0.1, -0.05) is 23.2 Å². The Kier molecular flexibility index (Phi) is 6.68. The van der Waals surface area contributed by atoms with Gasteiger partial charge in [-0.25, -0.2) is 8.78 Å². The second-order valence-corrected chi connectivity index (χ2v) is 9.24. The van der Waals surface area contributed by atoms with Crippen molar-refractivity contribution in [2.75, 3.05) is 6.61 Å². The van der Waals surface area contributed by atoms with Crippen molar-refractivity contribution >= 4 is 40.9 Å². The van der Waals surface area contributed by atoms with E-state index >= 15 is 0 Å². The van der Waals surface area contributed by atoms with E-state index in [2.05, 4.69) is 21.4 Å². The fourth-order valence-corrected chi connectivity index (χ4v) is 4.56. The van der Waals surface area contributed by atoms with Crippen LogP contribution in [0.4, 0.5) is 8.78 Å². The van der Waals surface area contributed by atoms with Crippen molar-refractivity contribution in [1.29, 1.82) is 0 Å². The normalized spacial score (nSPS) is 30.8. The lowest BCUT2D eigenvalue weighted by Gasteiger charge is -2.53. The van der Waals surface area contributed by atoms with E-state index in [9.17, 15) is 23.2 Å². The van der Waals surface area contributed by atoms with Crippen LogP contribution in [-0.4, -0.2) is 54.1 Å². The number of ether oxygens (including phenoxy) is 1. The van der Waals surface area contributed by atoms with Gasteiger partial charge in [-0.05, 0) is 37.8 Å². The predicted molar refractivity (Wildman–Crippen MR) is 113 cm³/mol. The van der Waals surface area contributed by atoms with Crippen LogP contribution in [0.15, 0.2) is 18.2 Å². The first-order valence-electron chi connectivity index (χ1n) is 10.3. The molecule has 4 fully saturated rings. The Morgan fingerprint density at radius 1 is 1.18 bits per heavy atom. The van der Waals surface area contributed by atoms with Crippen molar-refractivity contribution in [1.82, 2.24) is 21.4 Å². The molecule has 2 unspecified atom stereocenters. The van der Waals surface area contributed by atoms with Gasteiger partial charge in [0.2, 0.25) is 5.91 Å². The molecule has 2 atom stereocenters. The van der Waals surface area contributed by atoms with Crippen LogP contribution in [-0.2, 0) is 19.2 Å². The summed E-state index contributed by atoms with van der Waals surface area (Å²) in [5, 5.41) is 8.89. The van der Waals surface area contributed by atoms with Crippen molar-refractivity contribution in [3.8, 4) is 5.75 Å². The summed E-state index contributed by atoms with van der Waals surface area (Å²) in [4.78, 5) is 42.8. The number of fused-ring (bicyclic) bond motifs is 3. The average molecular weight is 507 g/mol. The van der Waals surface area contributed by atoms with Gasteiger partial charge in [0, 0.05) is 12.5 Å². The minimum absolute atomic E-state index is 0.174. The Bertz CT molecular complexity index is 958. The zero-order chi connectivity index (χ0) is 23.8.